The van der Waals surface area contributed by atoms with E-state index in [1.54, 1.807) is 24.3 Å². The number of carbonyl (C=O) groups is 1. The van der Waals surface area contributed by atoms with Crippen LogP contribution in [0, 0.1) is 7.14 Å². The lowest BCUT2D eigenvalue weighted by Crippen LogP contribution is -2.25. The lowest BCUT2D eigenvalue weighted by molar-refractivity contribution is -0.121. The van der Waals surface area contributed by atoms with Gasteiger partial charge in [-0.2, -0.15) is 5.10 Å². The third kappa shape index (κ3) is 4.06. The Morgan fingerprint density at radius 3 is 2.10 bits per heavy atom. The third-order valence-corrected chi connectivity index (χ3v) is 6.27. The predicted molar refractivity (Wildman–Crippen MR) is 135 cm³/mol. The number of para-hydroxylation sites is 2. The molecule has 0 saturated carbocycles. The molecule has 3 aromatic carbocycles. The van der Waals surface area contributed by atoms with Gasteiger partial charge in [0.05, 0.1) is 24.4 Å². The lowest BCUT2D eigenvalue weighted by atomic mass is 10.1. The summed E-state index contributed by atoms with van der Waals surface area (Å²) in [7, 11) is 0. The Hall–Kier alpha value is -2.47. The van der Waals surface area contributed by atoms with Crippen molar-refractivity contribution < 1.29 is 9.90 Å². The van der Waals surface area contributed by atoms with Gasteiger partial charge in [-0.1, -0.05) is 24.3 Å². The van der Waals surface area contributed by atoms with Crippen LogP contribution in [0.1, 0.15) is 5.56 Å². The zero-order valence-electron chi connectivity index (χ0n) is 15.5. The molecular formula is C22H15I2N3O3. The first-order valence-electron chi connectivity index (χ1n) is 8.96. The minimum absolute atomic E-state index is 0.0172. The number of hydrazone groups is 1. The zero-order chi connectivity index (χ0) is 21.3. The van der Waals surface area contributed by atoms with Crippen molar-refractivity contribution in [3.05, 3.63) is 83.6 Å². The molecule has 1 amide bonds. The number of amides is 1. The Bertz CT molecular complexity index is 1300. The average molecular weight is 623 g/mol. The zero-order valence-corrected chi connectivity index (χ0v) is 19.8. The van der Waals surface area contributed by atoms with E-state index >= 15 is 0 Å². The predicted octanol–water partition coefficient (Wildman–Crippen LogP) is 4.22. The molecular weight excluding hydrogens is 608 g/mol. The van der Waals surface area contributed by atoms with E-state index in [0.29, 0.717) is 28.9 Å². The van der Waals surface area contributed by atoms with Crippen molar-refractivity contribution in [2.24, 2.45) is 5.10 Å². The van der Waals surface area contributed by atoms with Gasteiger partial charge in [-0.3, -0.25) is 9.59 Å². The Labute approximate surface area is 198 Å². The number of benzene rings is 3. The summed E-state index contributed by atoms with van der Waals surface area (Å²) in [4.78, 5) is 25.4. The van der Waals surface area contributed by atoms with Gasteiger partial charge in [0.1, 0.15) is 12.3 Å². The number of fused-ring (bicyclic) bond motifs is 2. The molecule has 0 fully saturated rings. The molecule has 0 spiro atoms. The molecule has 0 aliphatic heterocycles. The SMILES string of the molecule is O=C(Cn1c2ccccc2c(=O)c2ccccc21)N/N=C\c1cc(I)c(O)c(I)c1. The molecule has 0 radical (unpaired) electrons. The van der Waals surface area contributed by atoms with Gasteiger partial charge in [0.2, 0.25) is 0 Å². The maximum atomic E-state index is 12.8. The van der Waals surface area contributed by atoms with Gasteiger partial charge < -0.3 is 9.67 Å². The second-order valence-corrected chi connectivity index (χ2v) is 8.90. The van der Waals surface area contributed by atoms with Crippen LogP contribution in [0.25, 0.3) is 21.8 Å². The average Bonchev–Trinajstić information content (AvgIpc) is 2.75. The van der Waals surface area contributed by atoms with E-state index in [-0.39, 0.29) is 23.6 Å². The number of nitrogens with one attached hydrogen (secondary N) is 1. The van der Waals surface area contributed by atoms with E-state index in [2.05, 4.69) is 10.5 Å². The smallest absolute Gasteiger partial charge is 0.260 e. The molecule has 30 heavy (non-hydrogen) atoms. The molecule has 4 aromatic rings. The molecule has 0 bridgehead atoms. The summed E-state index contributed by atoms with van der Waals surface area (Å²) in [5.74, 6) is -0.0808. The van der Waals surface area contributed by atoms with Gasteiger partial charge in [0.25, 0.3) is 5.91 Å². The Balaban J connectivity index is 1.63. The molecule has 6 nitrogen and oxygen atoms in total. The largest absolute Gasteiger partial charge is 0.506 e. The summed E-state index contributed by atoms with van der Waals surface area (Å²) in [6.45, 7) is 0.0172. The first kappa shape index (κ1) is 20.8. The highest BCUT2D eigenvalue weighted by molar-refractivity contribution is 14.1. The van der Waals surface area contributed by atoms with Crippen molar-refractivity contribution in [2.75, 3.05) is 0 Å². The quantitative estimate of drug-likeness (QED) is 0.155. The number of rotatable bonds is 4. The van der Waals surface area contributed by atoms with Crippen molar-refractivity contribution >= 4 is 79.1 Å². The van der Waals surface area contributed by atoms with Gasteiger partial charge in [0, 0.05) is 10.8 Å². The minimum atomic E-state index is -0.312. The number of aromatic hydroxyl groups is 1. The van der Waals surface area contributed by atoms with Crippen LogP contribution in [0.3, 0.4) is 0 Å². The number of carbonyl (C=O) groups excluding carboxylic acids is 1. The number of pyridine rings is 1. The number of phenolic OH excluding ortho intramolecular Hbond substituents is 1. The standard InChI is InChI=1S/C22H15I2N3O3/c23-16-9-13(10-17(24)22(16)30)11-25-26-20(28)12-27-18-7-3-1-5-14(18)21(29)15-6-2-4-8-19(15)27/h1-11,30H,12H2,(H,26,28)/b25-11-. The van der Waals surface area contributed by atoms with Gasteiger partial charge in [-0.05, 0) is 87.1 Å². The molecule has 2 N–H and O–H groups in total. The van der Waals surface area contributed by atoms with Crippen LogP contribution >= 0.6 is 45.2 Å². The van der Waals surface area contributed by atoms with Crippen molar-refractivity contribution in [3.8, 4) is 5.75 Å². The Morgan fingerprint density at radius 2 is 1.53 bits per heavy atom. The van der Waals surface area contributed by atoms with Crippen molar-refractivity contribution in [1.82, 2.24) is 9.99 Å². The fourth-order valence-corrected chi connectivity index (χ4v) is 5.08. The van der Waals surface area contributed by atoms with Crippen LogP contribution < -0.4 is 10.9 Å². The van der Waals surface area contributed by atoms with Crippen molar-refractivity contribution in [3.63, 3.8) is 0 Å². The van der Waals surface area contributed by atoms with Gasteiger partial charge >= 0.3 is 0 Å². The van der Waals surface area contributed by atoms with Gasteiger partial charge in [0.15, 0.2) is 5.43 Å². The van der Waals surface area contributed by atoms with Crippen molar-refractivity contribution in [1.29, 1.82) is 0 Å². The molecule has 4 rings (SSSR count). The van der Waals surface area contributed by atoms with E-state index in [0.717, 1.165) is 5.56 Å². The van der Waals surface area contributed by atoms with Gasteiger partial charge in [-0.15, -0.1) is 0 Å². The Kier molecular flexibility index (Phi) is 6.04. The number of hydrogen-bond donors (Lipinski definition) is 2. The first-order chi connectivity index (χ1) is 14.5. The minimum Gasteiger partial charge on any atom is -0.506 e. The fraction of sp³-hybridized carbons (Fsp3) is 0.0455. The summed E-state index contributed by atoms with van der Waals surface area (Å²) in [6, 6.07) is 18.1. The summed E-state index contributed by atoms with van der Waals surface area (Å²) in [6.07, 6.45) is 1.53. The highest BCUT2D eigenvalue weighted by Gasteiger charge is 2.12. The van der Waals surface area contributed by atoms with Gasteiger partial charge in [-0.25, -0.2) is 5.43 Å². The van der Waals surface area contributed by atoms with Crippen LogP contribution in [0.5, 0.6) is 5.75 Å². The molecule has 0 atom stereocenters. The lowest BCUT2D eigenvalue weighted by Gasteiger charge is -2.14. The number of nitrogens with zero attached hydrogens (tertiary/aromatic N) is 2. The van der Waals surface area contributed by atoms with Crippen LogP contribution in [-0.2, 0) is 11.3 Å². The van der Waals surface area contributed by atoms with E-state index in [1.165, 1.54) is 6.21 Å². The molecule has 0 unspecified atom stereocenters. The number of hydrogen-bond acceptors (Lipinski definition) is 4. The molecule has 0 saturated heterocycles. The molecule has 1 aromatic heterocycles. The second-order valence-electron chi connectivity index (χ2n) is 6.58. The van der Waals surface area contributed by atoms with Crippen molar-refractivity contribution in [2.45, 2.75) is 6.54 Å². The highest BCUT2D eigenvalue weighted by atomic mass is 127. The summed E-state index contributed by atoms with van der Waals surface area (Å²) in [5, 5.41) is 15.0. The van der Waals surface area contributed by atoms with E-state index < -0.39 is 0 Å². The van der Waals surface area contributed by atoms with Crippen LogP contribution in [0.4, 0.5) is 0 Å². The molecule has 150 valence electrons. The highest BCUT2D eigenvalue weighted by Crippen LogP contribution is 2.26. The van der Waals surface area contributed by atoms with E-state index in [4.69, 9.17) is 0 Å². The maximum absolute atomic E-state index is 12.8. The van der Waals surface area contributed by atoms with Crippen LogP contribution in [-0.4, -0.2) is 21.8 Å². The third-order valence-electron chi connectivity index (χ3n) is 4.62. The number of aromatic nitrogens is 1. The molecule has 8 heteroatoms. The van der Waals surface area contributed by atoms with Crippen LogP contribution in [0.15, 0.2) is 70.6 Å². The summed E-state index contributed by atoms with van der Waals surface area (Å²) in [5.41, 5.74) is 4.65. The van der Waals surface area contributed by atoms with E-state index in [9.17, 15) is 14.7 Å². The maximum Gasteiger partial charge on any atom is 0.260 e. The summed E-state index contributed by atoms with van der Waals surface area (Å²) < 4.78 is 3.24. The first-order valence-corrected chi connectivity index (χ1v) is 11.1. The number of halogens is 2. The number of phenols is 1. The monoisotopic (exact) mass is 623 g/mol. The topological polar surface area (TPSA) is 83.7 Å². The Morgan fingerprint density at radius 1 is 1.00 bits per heavy atom. The normalized spacial score (nSPS) is 11.4. The second kappa shape index (κ2) is 8.72. The van der Waals surface area contributed by atoms with E-state index in [1.807, 2.05) is 86.1 Å². The molecule has 1 heterocycles. The molecule has 0 aliphatic carbocycles. The van der Waals surface area contributed by atoms with Crippen LogP contribution in [0.2, 0.25) is 0 Å². The summed E-state index contributed by atoms with van der Waals surface area (Å²) >= 11 is 4.08. The molecule has 0 aliphatic rings. The fourth-order valence-electron chi connectivity index (χ4n) is 3.26.